The number of rotatable bonds is 5. The van der Waals surface area contributed by atoms with Gasteiger partial charge in [-0.1, -0.05) is 24.3 Å². The third-order valence-corrected chi connectivity index (χ3v) is 3.77. The maximum atomic E-state index is 12.3. The fraction of sp³-hybridized carbons (Fsp3) is 0.211. The van der Waals surface area contributed by atoms with E-state index in [0.717, 1.165) is 0 Å². The lowest BCUT2D eigenvalue weighted by atomic mass is 10.1. The standard InChI is InChI=1S/C19H20N2O4/c1-12-15(19(24)25-3)10-7-11-16(12)21-17(22)13(2)20-18(23)14-8-5-4-6-9-14/h4-11,13H,1-3H3,(H,20,23)(H,21,22). The van der Waals surface area contributed by atoms with E-state index in [-0.39, 0.29) is 11.8 Å². The molecule has 0 aliphatic heterocycles. The van der Waals surface area contributed by atoms with Gasteiger partial charge in [-0.15, -0.1) is 0 Å². The number of anilines is 1. The van der Waals surface area contributed by atoms with Gasteiger partial charge in [0.05, 0.1) is 12.7 Å². The first-order valence-electron chi connectivity index (χ1n) is 7.78. The van der Waals surface area contributed by atoms with Crippen molar-refractivity contribution in [2.75, 3.05) is 12.4 Å². The monoisotopic (exact) mass is 340 g/mol. The Morgan fingerprint density at radius 3 is 2.32 bits per heavy atom. The van der Waals surface area contributed by atoms with Crippen LogP contribution in [0.5, 0.6) is 0 Å². The Morgan fingerprint density at radius 2 is 1.68 bits per heavy atom. The number of amides is 2. The molecule has 0 aromatic heterocycles. The van der Waals surface area contributed by atoms with Crippen molar-refractivity contribution in [1.29, 1.82) is 0 Å². The summed E-state index contributed by atoms with van der Waals surface area (Å²) in [5.74, 6) is -1.18. The van der Waals surface area contributed by atoms with E-state index in [1.807, 2.05) is 6.07 Å². The molecule has 130 valence electrons. The number of benzene rings is 2. The summed E-state index contributed by atoms with van der Waals surface area (Å²) in [7, 11) is 1.30. The molecule has 1 unspecified atom stereocenters. The molecule has 2 rings (SSSR count). The second-order valence-corrected chi connectivity index (χ2v) is 5.52. The first-order chi connectivity index (χ1) is 11.9. The quantitative estimate of drug-likeness (QED) is 0.819. The van der Waals surface area contributed by atoms with Crippen LogP contribution in [0.25, 0.3) is 0 Å². The van der Waals surface area contributed by atoms with Crippen LogP contribution in [0.3, 0.4) is 0 Å². The van der Waals surface area contributed by atoms with Crippen molar-refractivity contribution in [3.63, 3.8) is 0 Å². The Morgan fingerprint density at radius 1 is 1.00 bits per heavy atom. The number of carbonyl (C=O) groups excluding carboxylic acids is 3. The number of hydrogen-bond acceptors (Lipinski definition) is 4. The topological polar surface area (TPSA) is 84.5 Å². The molecule has 6 heteroatoms. The molecule has 6 nitrogen and oxygen atoms in total. The highest BCUT2D eigenvalue weighted by atomic mass is 16.5. The van der Waals surface area contributed by atoms with Gasteiger partial charge in [0.2, 0.25) is 5.91 Å². The first kappa shape index (κ1) is 18.2. The van der Waals surface area contributed by atoms with Gasteiger partial charge < -0.3 is 15.4 Å². The maximum Gasteiger partial charge on any atom is 0.338 e. The Hall–Kier alpha value is -3.15. The fourth-order valence-electron chi connectivity index (χ4n) is 2.28. The van der Waals surface area contributed by atoms with Gasteiger partial charge in [-0.2, -0.15) is 0 Å². The molecule has 0 heterocycles. The second kappa shape index (κ2) is 8.10. The molecule has 0 spiro atoms. The molecule has 25 heavy (non-hydrogen) atoms. The first-order valence-corrected chi connectivity index (χ1v) is 7.78. The summed E-state index contributed by atoms with van der Waals surface area (Å²) in [6.45, 7) is 3.31. The van der Waals surface area contributed by atoms with Crippen LogP contribution >= 0.6 is 0 Å². The molecular formula is C19H20N2O4. The van der Waals surface area contributed by atoms with E-state index in [4.69, 9.17) is 4.74 Å². The summed E-state index contributed by atoms with van der Waals surface area (Å²) >= 11 is 0. The van der Waals surface area contributed by atoms with Crippen LogP contribution in [0, 0.1) is 6.92 Å². The summed E-state index contributed by atoms with van der Waals surface area (Å²) in [5.41, 5.74) is 1.95. The van der Waals surface area contributed by atoms with Gasteiger partial charge in [0.15, 0.2) is 0 Å². The van der Waals surface area contributed by atoms with E-state index in [0.29, 0.717) is 22.4 Å². The molecule has 2 amide bonds. The van der Waals surface area contributed by atoms with Crippen molar-refractivity contribution in [3.05, 3.63) is 65.2 Å². The van der Waals surface area contributed by atoms with Gasteiger partial charge in [-0.3, -0.25) is 9.59 Å². The number of ether oxygens (including phenoxy) is 1. The SMILES string of the molecule is COC(=O)c1cccc(NC(=O)C(C)NC(=O)c2ccccc2)c1C. The fourth-order valence-corrected chi connectivity index (χ4v) is 2.28. The van der Waals surface area contributed by atoms with Crippen LogP contribution < -0.4 is 10.6 Å². The molecule has 0 saturated heterocycles. The zero-order valence-electron chi connectivity index (χ0n) is 14.3. The molecule has 0 aliphatic rings. The van der Waals surface area contributed by atoms with Crippen LogP contribution in [0.1, 0.15) is 33.2 Å². The number of esters is 1. The molecule has 2 aromatic rings. The van der Waals surface area contributed by atoms with Crippen molar-refractivity contribution >= 4 is 23.5 Å². The Labute approximate surface area is 146 Å². The number of carbonyl (C=O) groups is 3. The average Bonchev–Trinajstić information content (AvgIpc) is 2.63. The molecule has 0 saturated carbocycles. The Kier molecular flexibility index (Phi) is 5.89. The van der Waals surface area contributed by atoms with E-state index in [1.165, 1.54) is 7.11 Å². The summed E-state index contributed by atoms with van der Waals surface area (Å²) in [4.78, 5) is 36.2. The summed E-state index contributed by atoms with van der Waals surface area (Å²) < 4.78 is 4.72. The average molecular weight is 340 g/mol. The summed E-state index contributed by atoms with van der Waals surface area (Å²) in [5, 5.41) is 5.37. The summed E-state index contributed by atoms with van der Waals surface area (Å²) in [6.07, 6.45) is 0. The molecule has 1 atom stereocenters. The van der Waals surface area contributed by atoms with Crippen LogP contribution in [-0.4, -0.2) is 30.9 Å². The summed E-state index contributed by atoms with van der Waals surface area (Å²) in [6, 6.07) is 12.9. The van der Waals surface area contributed by atoms with Gasteiger partial charge in [-0.05, 0) is 43.7 Å². The van der Waals surface area contributed by atoms with E-state index in [2.05, 4.69) is 10.6 Å². The maximum absolute atomic E-state index is 12.3. The van der Waals surface area contributed by atoms with Gasteiger partial charge >= 0.3 is 5.97 Å². The van der Waals surface area contributed by atoms with Gasteiger partial charge in [0, 0.05) is 11.3 Å². The van der Waals surface area contributed by atoms with E-state index < -0.39 is 12.0 Å². The van der Waals surface area contributed by atoms with Crippen molar-refractivity contribution in [2.45, 2.75) is 19.9 Å². The number of hydrogen-bond donors (Lipinski definition) is 2. The Bertz CT molecular complexity index is 787. The molecule has 2 N–H and O–H groups in total. The zero-order chi connectivity index (χ0) is 18.4. The van der Waals surface area contributed by atoms with Crippen LogP contribution in [0.15, 0.2) is 48.5 Å². The van der Waals surface area contributed by atoms with Gasteiger partial charge in [0.25, 0.3) is 5.91 Å². The lowest BCUT2D eigenvalue weighted by molar-refractivity contribution is -0.117. The van der Waals surface area contributed by atoms with E-state index >= 15 is 0 Å². The molecule has 2 aromatic carbocycles. The molecule has 0 bridgehead atoms. The number of nitrogens with one attached hydrogen (secondary N) is 2. The van der Waals surface area contributed by atoms with Crippen LogP contribution in [-0.2, 0) is 9.53 Å². The van der Waals surface area contributed by atoms with Crippen molar-refractivity contribution in [3.8, 4) is 0 Å². The van der Waals surface area contributed by atoms with E-state index in [9.17, 15) is 14.4 Å². The number of methoxy groups -OCH3 is 1. The largest absolute Gasteiger partial charge is 0.465 e. The smallest absolute Gasteiger partial charge is 0.338 e. The lowest BCUT2D eigenvalue weighted by Crippen LogP contribution is -2.41. The highest BCUT2D eigenvalue weighted by molar-refractivity contribution is 6.02. The third kappa shape index (κ3) is 4.44. The minimum Gasteiger partial charge on any atom is -0.465 e. The Balaban J connectivity index is 2.07. The van der Waals surface area contributed by atoms with Crippen molar-refractivity contribution in [2.24, 2.45) is 0 Å². The second-order valence-electron chi connectivity index (χ2n) is 5.52. The third-order valence-electron chi connectivity index (χ3n) is 3.77. The molecule has 0 fully saturated rings. The van der Waals surface area contributed by atoms with E-state index in [1.54, 1.807) is 56.3 Å². The predicted octanol–water partition coefficient (Wildman–Crippen LogP) is 2.54. The predicted molar refractivity (Wildman–Crippen MR) is 94.5 cm³/mol. The molecule has 0 aliphatic carbocycles. The van der Waals surface area contributed by atoms with Crippen LogP contribution in [0.4, 0.5) is 5.69 Å². The van der Waals surface area contributed by atoms with Crippen molar-refractivity contribution in [1.82, 2.24) is 5.32 Å². The minimum absolute atomic E-state index is 0.330. The normalized spacial score (nSPS) is 11.3. The van der Waals surface area contributed by atoms with Gasteiger partial charge in [-0.25, -0.2) is 4.79 Å². The highest BCUT2D eigenvalue weighted by Crippen LogP contribution is 2.19. The molecule has 0 radical (unpaired) electrons. The zero-order valence-corrected chi connectivity index (χ0v) is 14.3. The minimum atomic E-state index is -0.742. The van der Waals surface area contributed by atoms with Crippen LogP contribution in [0.2, 0.25) is 0 Å². The highest BCUT2D eigenvalue weighted by Gasteiger charge is 2.19. The lowest BCUT2D eigenvalue weighted by Gasteiger charge is -2.16. The van der Waals surface area contributed by atoms with Crippen molar-refractivity contribution < 1.29 is 19.1 Å². The van der Waals surface area contributed by atoms with Gasteiger partial charge in [0.1, 0.15) is 6.04 Å². The molecular weight excluding hydrogens is 320 g/mol.